The first kappa shape index (κ1) is 17.7. The molecule has 0 aliphatic carbocycles. The van der Waals surface area contributed by atoms with Crippen LogP contribution in [0.2, 0.25) is 0 Å². The van der Waals surface area contributed by atoms with Crippen LogP contribution in [0.15, 0.2) is 42.6 Å². The van der Waals surface area contributed by atoms with Crippen LogP contribution < -0.4 is 5.32 Å². The Hall–Kier alpha value is -3.16. The predicted molar refractivity (Wildman–Crippen MR) is 87.7 cm³/mol. The van der Waals surface area contributed by atoms with E-state index in [0.717, 1.165) is 12.1 Å². The molecule has 8 heteroatoms. The summed E-state index contributed by atoms with van der Waals surface area (Å²) >= 11 is 0. The van der Waals surface area contributed by atoms with Gasteiger partial charge in [0.1, 0.15) is 12.4 Å². The lowest BCUT2D eigenvalue weighted by atomic mass is 10.0. The van der Waals surface area contributed by atoms with Crippen LogP contribution in [0, 0.1) is 17.5 Å². The molecule has 0 aliphatic heterocycles. The smallest absolute Gasteiger partial charge is 0.259 e. The quantitative estimate of drug-likeness (QED) is 0.557. The van der Waals surface area contributed by atoms with E-state index in [9.17, 15) is 22.4 Å². The van der Waals surface area contributed by atoms with Crippen molar-refractivity contribution in [1.29, 1.82) is 0 Å². The maximum Gasteiger partial charge on any atom is 0.259 e. The lowest BCUT2D eigenvalue weighted by molar-refractivity contribution is 0.102. The molecule has 0 bridgehead atoms. The molecule has 0 atom stereocenters. The van der Waals surface area contributed by atoms with Crippen molar-refractivity contribution in [2.75, 3.05) is 5.32 Å². The fourth-order valence-electron chi connectivity index (χ4n) is 2.57. The number of benzene rings is 2. The van der Waals surface area contributed by atoms with Gasteiger partial charge >= 0.3 is 0 Å². The molecular formula is C18H13F4N3O. The predicted octanol–water partition coefficient (Wildman–Crippen LogP) is 4.23. The summed E-state index contributed by atoms with van der Waals surface area (Å²) in [5.41, 5.74) is 0.581. The molecule has 0 fully saturated rings. The number of nitrogens with one attached hydrogen (secondary N) is 1. The molecule has 1 heterocycles. The zero-order chi connectivity index (χ0) is 18.8. The van der Waals surface area contributed by atoms with Gasteiger partial charge in [-0.1, -0.05) is 18.2 Å². The molecule has 0 saturated heterocycles. The van der Waals surface area contributed by atoms with Crippen LogP contribution in [-0.4, -0.2) is 15.7 Å². The summed E-state index contributed by atoms with van der Waals surface area (Å²) in [6.45, 7) is -0.917. The molecule has 3 rings (SSSR count). The summed E-state index contributed by atoms with van der Waals surface area (Å²) in [5, 5.41) is 6.41. The van der Waals surface area contributed by atoms with Crippen molar-refractivity contribution in [2.45, 2.75) is 6.67 Å². The lowest BCUT2D eigenvalue weighted by Gasteiger charge is -2.12. The second-order valence-corrected chi connectivity index (χ2v) is 5.55. The number of aromatic nitrogens is 2. The van der Waals surface area contributed by atoms with Crippen LogP contribution in [0.1, 0.15) is 16.1 Å². The Morgan fingerprint density at radius 1 is 1.15 bits per heavy atom. The van der Waals surface area contributed by atoms with Gasteiger partial charge in [-0.2, -0.15) is 5.10 Å². The van der Waals surface area contributed by atoms with Gasteiger partial charge in [-0.3, -0.25) is 9.48 Å². The van der Waals surface area contributed by atoms with Crippen LogP contribution in [0.4, 0.5) is 23.2 Å². The zero-order valence-corrected chi connectivity index (χ0v) is 13.6. The second kappa shape index (κ2) is 6.99. The van der Waals surface area contributed by atoms with Gasteiger partial charge in [-0.25, -0.2) is 17.6 Å². The van der Waals surface area contributed by atoms with E-state index in [1.165, 1.54) is 23.0 Å². The maximum atomic E-state index is 13.5. The van der Waals surface area contributed by atoms with Gasteiger partial charge in [0.2, 0.25) is 0 Å². The molecule has 4 nitrogen and oxygen atoms in total. The molecular weight excluding hydrogens is 350 g/mol. The van der Waals surface area contributed by atoms with Gasteiger partial charge in [0, 0.05) is 24.5 Å². The third-order valence-electron chi connectivity index (χ3n) is 3.75. The molecule has 0 spiro atoms. The number of alkyl halides is 1. The van der Waals surface area contributed by atoms with Crippen molar-refractivity contribution < 1.29 is 22.4 Å². The van der Waals surface area contributed by atoms with E-state index in [0.29, 0.717) is 0 Å². The van der Waals surface area contributed by atoms with Crippen LogP contribution in [0.25, 0.3) is 11.1 Å². The standard InChI is InChI=1S/C18H13F4N3O/c1-25-9-12(16(8-19)24-25)18(26)23-15-5-3-2-4-11(15)10-6-13(20)17(22)14(21)7-10/h2-7,9H,8H2,1H3,(H,23,26). The molecule has 0 radical (unpaired) electrons. The lowest BCUT2D eigenvalue weighted by Crippen LogP contribution is -2.13. The molecule has 26 heavy (non-hydrogen) atoms. The van der Waals surface area contributed by atoms with Gasteiger partial charge in [0.25, 0.3) is 5.91 Å². The number of nitrogens with zero attached hydrogens (tertiary/aromatic N) is 2. The highest BCUT2D eigenvalue weighted by Crippen LogP contribution is 2.30. The van der Waals surface area contributed by atoms with Gasteiger partial charge < -0.3 is 5.32 Å². The first-order valence-electron chi connectivity index (χ1n) is 7.54. The van der Waals surface area contributed by atoms with Crippen molar-refractivity contribution in [3.63, 3.8) is 0 Å². The number of carbonyl (C=O) groups is 1. The highest BCUT2D eigenvalue weighted by atomic mass is 19.2. The van der Waals surface area contributed by atoms with E-state index in [1.54, 1.807) is 19.2 Å². The molecule has 0 aliphatic rings. The van der Waals surface area contributed by atoms with Gasteiger partial charge in [0.15, 0.2) is 17.5 Å². The molecule has 0 unspecified atom stereocenters. The van der Waals surface area contributed by atoms with E-state index in [2.05, 4.69) is 10.4 Å². The topological polar surface area (TPSA) is 46.9 Å². The number of amides is 1. The van der Waals surface area contributed by atoms with Crippen molar-refractivity contribution in [3.05, 3.63) is 71.3 Å². The normalized spacial score (nSPS) is 10.8. The number of halogens is 4. The molecule has 134 valence electrons. The Bertz CT molecular complexity index is 961. The number of carbonyl (C=O) groups excluding carboxylic acids is 1. The van der Waals surface area contributed by atoms with E-state index in [1.807, 2.05) is 0 Å². The fourth-order valence-corrected chi connectivity index (χ4v) is 2.57. The summed E-state index contributed by atoms with van der Waals surface area (Å²) in [6.07, 6.45) is 1.37. The van der Waals surface area contributed by atoms with E-state index >= 15 is 0 Å². The van der Waals surface area contributed by atoms with Crippen LogP contribution >= 0.6 is 0 Å². The minimum Gasteiger partial charge on any atom is -0.321 e. The van der Waals surface area contributed by atoms with E-state index in [-0.39, 0.29) is 28.1 Å². The third-order valence-corrected chi connectivity index (χ3v) is 3.75. The highest BCUT2D eigenvalue weighted by molar-refractivity contribution is 6.06. The van der Waals surface area contributed by atoms with Crippen molar-refractivity contribution >= 4 is 11.6 Å². The zero-order valence-electron chi connectivity index (χ0n) is 13.6. The number of rotatable bonds is 4. The van der Waals surface area contributed by atoms with Gasteiger partial charge in [0.05, 0.1) is 5.56 Å². The SMILES string of the molecule is Cn1cc(C(=O)Nc2ccccc2-c2cc(F)c(F)c(F)c2)c(CF)n1. The summed E-state index contributed by atoms with van der Waals surface area (Å²) in [5.74, 6) is -4.87. The minimum absolute atomic E-state index is 0.0265. The molecule has 2 aromatic carbocycles. The molecule has 0 saturated carbocycles. The first-order valence-corrected chi connectivity index (χ1v) is 7.54. The largest absolute Gasteiger partial charge is 0.321 e. The summed E-state index contributed by atoms with van der Waals surface area (Å²) in [6, 6.07) is 7.90. The van der Waals surface area contributed by atoms with Crippen molar-refractivity contribution in [1.82, 2.24) is 9.78 Å². The Labute approximate surface area is 146 Å². The van der Waals surface area contributed by atoms with Crippen LogP contribution in [-0.2, 0) is 13.7 Å². The van der Waals surface area contributed by atoms with Crippen LogP contribution in [0.3, 0.4) is 0 Å². The maximum absolute atomic E-state index is 13.5. The van der Waals surface area contributed by atoms with Gasteiger partial charge in [-0.15, -0.1) is 0 Å². The minimum atomic E-state index is -1.57. The number of para-hydroxylation sites is 1. The third kappa shape index (κ3) is 3.30. The Kier molecular flexibility index (Phi) is 4.75. The molecule has 1 N–H and O–H groups in total. The summed E-state index contributed by atoms with van der Waals surface area (Å²) < 4.78 is 54.5. The molecule has 1 amide bonds. The number of hydrogen-bond acceptors (Lipinski definition) is 2. The molecule has 3 aromatic rings. The molecule has 1 aromatic heterocycles. The summed E-state index contributed by atoms with van der Waals surface area (Å²) in [4.78, 5) is 12.4. The van der Waals surface area contributed by atoms with Crippen molar-refractivity contribution in [3.8, 4) is 11.1 Å². The fraction of sp³-hybridized carbons (Fsp3) is 0.111. The Balaban J connectivity index is 1.99. The Morgan fingerprint density at radius 2 is 1.81 bits per heavy atom. The van der Waals surface area contributed by atoms with Crippen LogP contribution in [0.5, 0.6) is 0 Å². The van der Waals surface area contributed by atoms with E-state index in [4.69, 9.17) is 0 Å². The number of hydrogen-bond donors (Lipinski definition) is 1. The number of anilines is 1. The summed E-state index contributed by atoms with van der Waals surface area (Å²) in [7, 11) is 1.55. The van der Waals surface area contributed by atoms with Crippen molar-refractivity contribution in [2.24, 2.45) is 7.05 Å². The monoisotopic (exact) mass is 363 g/mol. The first-order chi connectivity index (χ1) is 12.4. The average molecular weight is 363 g/mol. The number of aryl methyl sites for hydroxylation is 1. The Morgan fingerprint density at radius 3 is 2.46 bits per heavy atom. The highest BCUT2D eigenvalue weighted by Gasteiger charge is 2.18. The van der Waals surface area contributed by atoms with Gasteiger partial charge in [-0.05, 0) is 23.8 Å². The van der Waals surface area contributed by atoms with E-state index < -0.39 is 30.0 Å². The average Bonchev–Trinajstić information content (AvgIpc) is 3.01. The second-order valence-electron chi connectivity index (χ2n) is 5.55.